The average Bonchev–Trinajstić information content (AvgIpc) is 3.24. The third-order valence-corrected chi connectivity index (χ3v) is 9.37. The quantitative estimate of drug-likeness (QED) is 0.106. The van der Waals surface area contributed by atoms with Gasteiger partial charge in [0.25, 0.3) is 0 Å². The third-order valence-electron chi connectivity index (χ3n) is 9.37. The van der Waals surface area contributed by atoms with E-state index in [1.807, 2.05) is 6.08 Å². The van der Waals surface area contributed by atoms with Crippen molar-refractivity contribution in [2.45, 2.75) is 134 Å². The van der Waals surface area contributed by atoms with Crippen LogP contribution >= 0.6 is 0 Å². The van der Waals surface area contributed by atoms with Crippen molar-refractivity contribution in [1.29, 1.82) is 0 Å². The van der Waals surface area contributed by atoms with Crippen molar-refractivity contribution in [3.8, 4) is 0 Å². The highest BCUT2D eigenvalue weighted by Crippen LogP contribution is 2.43. The van der Waals surface area contributed by atoms with E-state index in [9.17, 15) is 9.90 Å². The summed E-state index contributed by atoms with van der Waals surface area (Å²) in [4.78, 5) is 11.3. The number of allylic oxidation sites excluding steroid dienone is 1. The van der Waals surface area contributed by atoms with E-state index in [0.717, 1.165) is 83.3 Å². The van der Waals surface area contributed by atoms with E-state index in [0.29, 0.717) is 12.3 Å². The molecule has 2 aliphatic carbocycles. The van der Waals surface area contributed by atoms with Crippen LogP contribution in [0.15, 0.2) is 24.3 Å². The van der Waals surface area contributed by atoms with Crippen LogP contribution in [0.2, 0.25) is 0 Å². The summed E-state index contributed by atoms with van der Waals surface area (Å²) in [5, 5.41) is 11.2. The number of carbonyl (C=O) groups is 1. The number of rotatable bonds is 15. The van der Waals surface area contributed by atoms with Gasteiger partial charge in [0.2, 0.25) is 0 Å². The van der Waals surface area contributed by atoms with Crippen LogP contribution in [-0.2, 0) is 28.5 Å². The maximum absolute atomic E-state index is 11.3. The smallest absolute Gasteiger partial charge is 0.330 e. The Labute approximate surface area is 242 Å². The summed E-state index contributed by atoms with van der Waals surface area (Å²) < 4.78 is 29.7. The summed E-state index contributed by atoms with van der Waals surface area (Å²) in [7, 11) is 1.39. The molecule has 0 radical (unpaired) electrons. The zero-order valence-electron chi connectivity index (χ0n) is 24.9. The second kappa shape index (κ2) is 17.0. The minimum absolute atomic E-state index is 0.0460. The molecule has 7 atom stereocenters. The first kappa shape index (κ1) is 31.7. The summed E-state index contributed by atoms with van der Waals surface area (Å²) in [6, 6.07) is 0. The fourth-order valence-electron chi connectivity index (χ4n) is 7.05. The largest absolute Gasteiger partial charge is 0.466 e. The zero-order chi connectivity index (χ0) is 28.2. The Hall–Kier alpha value is -1.25. The van der Waals surface area contributed by atoms with Crippen LogP contribution in [0.4, 0.5) is 0 Å². The van der Waals surface area contributed by atoms with Crippen LogP contribution in [0.5, 0.6) is 0 Å². The summed E-state index contributed by atoms with van der Waals surface area (Å²) in [6.07, 6.45) is 23.0. The second-order valence-corrected chi connectivity index (χ2v) is 12.4. The molecule has 40 heavy (non-hydrogen) atoms. The minimum Gasteiger partial charge on any atom is -0.466 e. The molecule has 0 bridgehead atoms. The fourth-order valence-corrected chi connectivity index (χ4v) is 7.05. The van der Waals surface area contributed by atoms with Gasteiger partial charge in [-0.1, -0.05) is 44.4 Å². The molecule has 4 aliphatic rings. The van der Waals surface area contributed by atoms with Crippen LogP contribution in [0, 0.1) is 23.7 Å². The van der Waals surface area contributed by atoms with Gasteiger partial charge in [0.1, 0.15) is 0 Å². The maximum atomic E-state index is 11.3. The lowest BCUT2D eigenvalue weighted by Crippen LogP contribution is -2.38. The van der Waals surface area contributed by atoms with E-state index >= 15 is 0 Å². The Morgan fingerprint density at radius 1 is 1.00 bits per heavy atom. The molecule has 2 saturated carbocycles. The number of carbonyl (C=O) groups excluding carboxylic acids is 1. The number of hydrogen-bond acceptors (Lipinski definition) is 7. The minimum atomic E-state index is -0.396. The first-order valence-electron chi connectivity index (χ1n) is 16.2. The molecular weight excluding hydrogens is 508 g/mol. The number of esters is 1. The predicted molar refractivity (Wildman–Crippen MR) is 154 cm³/mol. The van der Waals surface area contributed by atoms with Crippen molar-refractivity contribution in [2.24, 2.45) is 23.7 Å². The van der Waals surface area contributed by atoms with E-state index < -0.39 is 6.10 Å². The normalized spacial score (nSPS) is 35.7. The van der Waals surface area contributed by atoms with Gasteiger partial charge in [0.05, 0.1) is 25.4 Å². The highest BCUT2D eigenvalue weighted by Gasteiger charge is 2.43. The van der Waals surface area contributed by atoms with Gasteiger partial charge >= 0.3 is 5.97 Å². The first-order valence-corrected chi connectivity index (χ1v) is 16.2. The fraction of sp³-hybridized carbons (Fsp3) is 0.848. The molecule has 2 heterocycles. The molecule has 7 heteroatoms. The van der Waals surface area contributed by atoms with Crippen LogP contribution in [0.25, 0.3) is 0 Å². The van der Waals surface area contributed by atoms with Crippen LogP contribution < -0.4 is 0 Å². The lowest BCUT2D eigenvalue weighted by molar-refractivity contribution is -0.196. The Bertz CT molecular complexity index is 780. The molecule has 7 nitrogen and oxygen atoms in total. The van der Waals surface area contributed by atoms with Crippen molar-refractivity contribution in [2.75, 3.05) is 20.3 Å². The van der Waals surface area contributed by atoms with Gasteiger partial charge in [-0.3, -0.25) is 0 Å². The number of ether oxygens (including phenoxy) is 5. The molecule has 228 valence electrons. The van der Waals surface area contributed by atoms with Crippen molar-refractivity contribution >= 4 is 5.97 Å². The Morgan fingerprint density at radius 3 is 2.42 bits per heavy atom. The molecule has 4 rings (SSSR count). The van der Waals surface area contributed by atoms with Crippen molar-refractivity contribution in [1.82, 2.24) is 0 Å². The van der Waals surface area contributed by atoms with E-state index in [-0.39, 0.29) is 42.6 Å². The van der Waals surface area contributed by atoms with E-state index in [1.54, 1.807) is 0 Å². The molecule has 2 aliphatic heterocycles. The second-order valence-electron chi connectivity index (χ2n) is 12.4. The van der Waals surface area contributed by atoms with Gasteiger partial charge in [-0.15, -0.1) is 0 Å². The Kier molecular flexibility index (Phi) is 13.5. The van der Waals surface area contributed by atoms with Crippen LogP contribution in [-0.4, -0.2) is 62.3 Å². The van der Waals surface area contributed by atoms with E-state index in [4.69, 9.17) is 18.9 Å². The first-order chi connectivity index (χ1) is 19.6. The van der Waals surface area contributed by atoms with Gasteiger partial charge in [-0.2, -0.15) is 0 Å². The number of aliphatic hydroxyl groups is 1. The Morgan fingerprint density at radius 2 is 1.75 bits per heavy atom. The summed E-state index contributed by atoms with van der Waals surface area (Å²) in [6.45, 7) is 3.81. The number of methoxy groups -OCH3 is 1. The SMILES string of the molecule is CCCC1CC([C@@H](/C=C/[C@@H]2[C@@H](CCCC/C=C/C(=O)OC)[C@@H](O)C[C@H]2OC2CCCCO2)OC2CCCCO2)C1. The molecule has 0 amide bonds. The molecule has 2 unspecified atom stereocenters. The highest BCUT2D eigenvalue weighted by molar-refractivity contribution is 5.81. The van der Waals surface area contributed by atoms with E-state index in [1.165, 1.54) is 38.9 Å². The van der Waals surface area contributed by atoms with Gasteiger partial charge < -0.3 is 28.8 Å². The topological polar surface area (TPSA) is 83.5 Å². The summed E-state index contributed by atoms with van der Waals surface area (Å²) in [5.41, 5.74) is 0. The molecule has 2 saturated heterocycles. The van der Waals surface area contributed by atoms with E-state index in [2.05, 4.69) is 23.8 Å². The van der Waals surface area contributed by atoms with Gasteiger partial charge in [-0.25, -0.2) is 4.79 Å². The number of unbranched alkanes of at least 4 members (excludes halogenated alkanes) is 2. The molecule has 0 aromatic carbocycles. The number of aliphatic hydroxyl groups excluding tert-OH is 1. The lowest BCUT2D eigenvalue weighted by atomic mass is 9.70. The molecule has 1 N–H and O–H groups in total. The molecule has 0 aromatic rings. The maximum Gasteiger partial charge on any atom is 0.330 e. The van der Waals surface area contributed by atoms with Gasteiger partial charge in [0, 0.05) is 31.6 Å². The van der Waals surface area contributed by atoms with Crippen molar-refractivity contribution in [3.63, 3.8) is 0 Å². The monoisotopic (exact) mass is 562 g/mol. The third kappa shape index (κ3) is 9.65. The molecular formula is C33H54O7. The molecule has 0 spiro atoms. The summed E-state index contributed by atoms with van der Waals surface area (Å²) in [5.74, 6) is 1.29. The number of hydrogen-bond donors (Lipinski definition) is 1. The Balaban J connectivity index is 1.41. The van der Waals surface area contributed by atoms with Gasteiger partial charge in [0.15, 0.2) is 12.6 Å². The van der Waals surface area contributed by atoms with Gasteiger partial charge in [-0.05, 0) is 88.4 Å². The predicted octanol–water partition coefficient (Wildman–Crippen LogP) is 6.48. The average molecular weight is 563 g/mol. The van der Waals surface area contributed by atoms with Crippen LogP contribution in [0.3, 0.4) is 0 Å². The molecule has 0 aromatic heterocycles. The lowest BCUT2D eigenvalue weighted by Gasteiger charge is -2.41. The zero-order valence-corrected chi connectivity index (χ0v) is 24.9. The van der Waals surface area contributed by atoms with Crippen molar-refractivity contribution < 1.29 is 33.6 Å². The highest BCUT2D eigenvalue weighted by atomic mass is 16.7. The van der Waals surface area contributed by atoms with Crippen LogP contribution in [0.1, 0.15) is 103 Å². The standard InChI is InChI=1S/C33H54O7/c1-3-12-24-21-25(22-24)29(39-32-15-8-10-19-37-32)18-17-27-26(13-6-4-5-7-14-31(35)36-2)28(34)23-30(27)40-33-16-9-11-20-38-33/h7,14,17-18,24-30,32-34H,3-6,8-13,15-16,19-23H2,1-2H3/b14-7+,18-17+/t24?,25?,26-,27-,28+,29-,30-,32?,33?/m1/s1. The van der Waals surface area contributed by atoms with Crippen molar-refractivity contribution in [3.05, 3.63) is 24.3 Å². The summed E-state index contributed by atoms with van der Waals surface area (Å²) >= 11 is 0. The molecule has 4 fully saturated rings.